The number of aromatic nitrogens is 1. The van der Waals surface area contributed by atoms with Crippen molar-refractivity contribution in [3.8, 4) is 5.75 Å². The molecule has 0 aliphatic carbocycles. The lowest BCUT2D eigenvalue weighted by Crippen LogP contribution is -2.22. The number of aryl methyl sites for hydroxylation is 1. The summed E-state index contributed by atoms with van der Waals surface area (Å²) in [7, 11) is 1.30. The van der Waals surface area contributed by atoms with Crippen molar-refractivity contribution in [1.82, 2.24) is 4.98 Å². The molecule has 0 saturated heterocycles. The SMILES string of the molecule is COC(=O)c1ccc(N=c2oc3cc(O)ccc3cc2C(=O)Nc2ccc(C)cn2)cc1. The second-order valence-corrected chi connectivity index (χ2v) is 7.01. The van der Waals surface area contributed by atoms with E-state index in [2.05, 4.69) is 15.3 Å². The van der Waals surface area contributed by atoms with Crippen molar-refractivity contribution in [3.05, 3.63) is 89.1 Å². The van der Waals surface area contributed by atoms with Crippen LogP contribution in [0.25, 0.3) is 11.0 Å². The fourth-order valence-corrected chi connectivity index (χ4v) is 2.99. The summed E-state index contributed by atoms with van der Waals surface area (Å²) in [4.78, 5) is 33.3. The van der Waals surface area contributed by atoms with E-state index in [4.69, 9.17) is 9.15 Å². The summed E-state index contributed by atoms with van der Waals surface area (Å²) in [5, 5.41) is 13.1. The molecule has 0 bridgehead atoms. The molecular weight excluding hydrogens is 410 g/mol. The van der Waals surface area contributed by atoms with E-state index in [1.54, 1.807) is 48.7 Å². The number of pyridine rings is 1. The third-order valence-electron chi connectivity index (χ3n) is 4.65. The Morgan fingerprint density at radius 1 is 1.06 bits per heavy atom. The van der Waals surface area contributed by atoms with E-state index in [1.807, 2.05) is 13.0 Å². The minimum absolute atomic E-state index is 0.0238. The van der Waals surface area contributed by atoms with Crippen LogP contribution in [0, 0.1) is 6.92 Å². The molecule has 0 spiro atoms. The van der Waals surface area contributed by atoms with Crippen LogP contribution >= 0.6 is 0 Å². The van der Waals surface area contributed by atoms with E-state index >= 15 is 0 Å². The van der Waals surface area contributed by atoms with Crippen LogP contribution in [0.3, 0.4) is 0 Å². The molecular formula is C24H19N3O5. The summed E-state index contributed by atoms with van der Waals surface area (Å²) >= 11 is 0. The van der Waals surface area contributed by atoms with Gasteiger partial charge in [-0.05, 0) is 61.0 Å². The molecule has 0 unspecified atom stereocenters. The predicted molar refractivity (Wildman–Crippen MR) is 118 cm³/mol. The lowest BCUT2D eigenvalue weighted by atomic mass is 10.1. The van der Waals surface area contributed by atoms with Gasteiger partial charge in [-0.2, -0.15) is 0 Å². The van der Waals surface area contributed by atoms with E-state index in [0.717, 1.165) is 5.56 Å². The van der Waals surface area contributed by atoms with Gasteiger partial charge in [0.2, 0.25) is 5.55 Å². The maximum Gasteiger partial charge on any atom is 0.337 e. The van der Waals surface area contributed by atoms with Gasteiger partial charge >= 0.3 is 5.97 Å². The van der Waals surface area contributed by atoms with Gasteiger partial charge in [0.15, 0.2) is 0 Å². The van der Waals surface area contributed by atoms with Crippen LogP contribution in [-0.4, -0.2) is 29.1 Å². The molecule has 8 heteroatoms. The van der Waals surface area contributed by atoms with Gasteiger partial charge in [-0.15, -0.1) is 0 Å². The molecule has 2 aromatic carbocycles. The van der Waals surface area contributed by atoms with Crippen molar-refractivity contribution in [1.29, 1.82) is 0 Å². The van der Waals surface area contributed by atoms with Gasteiger partial charge < -0.3 is 19.6 Å². The standard InChI is InChI=1S/C24H19N3O5/c1-14-3-10-21(25-13-14)27-22(29)19-11-16-6-9-18(28)12-20(16)32-23(19)26-17-7-4-15(5-8-17)24(30)31-2/h3-13,28H,1-2H3,(H,25,27,29). The summed E-state index contributed by atoms with van der Waals surface area (Å²) in [5.41, 5.74) is 2.38. The zero-order valence-corrected chi connectivity index (χ0v) is 17.3. The Morgan fingerprint density at radius 2 is 1.84 bits per heavy atom. The number of phenols is 1. The van der Waals surface area contributed by atoms with Crippen LogP contribution in [0.1, 0.15) is 26.3 Å². The number of ether oxygens (including phenoxy) is 1. The Bertz CT molecular complexity index is 1370. The van der Waals surface area contributed by atoms with Gasteiger partial charge in [0.25, 0.3) is 5.91 Å². The molecule has 32 heavy (non-hydrogen) atoms. The Hall–Kier alpha value is -4.46. The Kier molecular flexibility index (Phi) is 5.67. The van der Waals surface area contributed by atoms with Crippen molar-refractivity contribution >= 4 is 34.4 Å². The summed E-state index contributed by atoms with van der Waals surface area (Å²) in [6.07, 6.45) is 1.65. The number of hydrogen-bond donors (Lipinski definition) is 2. The van der Waals surface area contributed by atoms with Crippen molar-refractivity contribution < 1.29 is 23.8 Å². The van der Waals surface area contributed by atoms with Crippen molar-refractivity contribution in [2.24, 2.45) is 4.99 Å². The number of carbonyl (C=O) groups is 2. The minimum atomic E-state index is -0.465. The summed E-state index contributed by atoms with van der Waals surface area (Å²) in [6.45, 7) is 1.90. The molecule has 4 aromatic rings. The molecule has 4 rings (SSSR count). The molecule has 0 radical (unpaired) electrons. The van der Waals surface area contributed by atoms with Crippen molar-refractivity contribution in [3.63, 3.8) is 0 Å². The normalized spacial score (nSPS) is 11.4. The number of methoxy groups -OCH3 is 1. The first-order valence-electron chi connectivity index (χ1n) is 9.67. The number of anilines is 1. The molecule has 0 aliphatic heterocycles. The summed E-state index contributed by atoms with van der Waals surface area (Å²) < 4.78 is 10.6. The molecule has 2 N–H and O–H groups in total. The average Bonchev–Trinajstić information content (AvgIpc) is 2.80. The average molecular weight is 429 g/mol. The maximum atomic E-state index is 13.0. The highest BCUT2D eigenvalue weighted by Gasteiger charge is 2.14. The fourth-order valence-electron chi connectivity index (χ4n) is 2.99. The van der Waals surface area contributed by atoms with Gasteiger partial charge in [-0.1, -0.05) is 6.07 Å². The molecule has 160 valence electrons. The number of carbonyl (C=O) groups excluding carboxylic acids is 2. The topological polar surface area (TPSA) is 114 Å². The molecule has 0 atom stereocenters. The molecule has 0 saturated carbocycles. The van der Waals surface area contributed by atoms with Crippen molar-refractivity contribution in [2.45, 2.75) is 6.92 Å². The van der Waals surface area contributed by atoms with Crippen LogP contribution in [-0.2, 0) is 4.74 Å². The van der Waals surface area contributed by atoms with Gasteiger partial charge in [-0.3, -0.25) is 4.79 Å². The number of aromatic hydroxyl groups is 1. The third kappa shape index (κ3) is 4.49. The highest BCUT2D eigenvalue weighted by Crippen LogP contribution is 2.21. The zero-order chi connectivity index (χ0) is 22.7. The van der Waals surface area contributed by atoms with E-state index in [1.165, 1.54) is 19.2 Å². The highest BCUT2D eigenvalue weighted by atomic mass is 16.5. The molecule has 0 fully saturated rings. The number of hydrogen-bond acceptors (Lipinski definition) is 7. The quantitative estimate of drug-likeness (QED) is 0.472. The summed E-state index contributed by atoms with van der Waals surface area (Å²) in [6, 6.07) is 16.1. The van der Waals surface area contributed by atoms with E-state index < -0.39 is 11.9 Å². The molecule has 0 aliphatic rings. The number of esters is 1. The van der Waals surface area contributed by atoms with E-state index in [-0.39, 0.29) is 16.9 Å². The third-order valence-corrected chi connectivity index (χ3v) is 4.65. The van der Waals surface area contributed by atoms with Gasteiger partial charge in [0.1, 0.15) is 22.7 Å². The molecule has 2 aromatic heterocycles. The first kappa shape index (κ1) is 20.8. The summed E-state index contributed by atoms with van der Waals surface area (Å²) in [5.74, 6) is -0.506. The fraction of sp³-hybridized carbons (Fsp3) is 0.0833. The molecule has 8 nitrogen and oxygen atoms in total. The second-order valence-electron chi connectivity index (χ2n) is 7.01. The van der Waals surface area contributed by atoms with Gasteiger partial charge in [0, 0.05) is 17.6 Å². The number of phenolic OH excluding ortho intramolecular Hbond substituents is 1. The number of nitrogens with zero attached hydrogens (tertiary/aromatic N) is 2. The first-order valence-corrected chi connectivity index (χ1v) is 9.67. The van der Waals surface area contributed by atoms with Crippen LogP contribution in [0.15, 0.2) is 76.3 Å². The Labute approximate surface area is 182 Å². The van der Waals surface area contributed by atoms with Crippen LogP contribution in [0.2, 0.25) is 0 Å². The largest absolute Gasteiger partial charge is 0.508 e. The number of benzene rings is 2. The van der Waals surface area contributed by atoms with Gasteiger partial charge in [-0.25, -0.2) is 14.8 Å². The van der Waals surface area contributed by atoms with Crippen molar-refractivity contribution in [2.75, 3.05) is 12.4 Å². The second kappa shape index (κ2) is 8.73. The van der Waals surface area contributed by atoms with E-state index in [9.17, 15) is 14.7 Å². The van der Waals surface area contributed by atoms with Crippen LogP contribution < -0.4 is 10.9 Å². The molecule has 1 amide bonds. The number of nitrogens with one attached hydrogen (secondary N) is 1. The highest BCUT2D eigenvalue weighted by molar-refractivity contribution is 6.05. The van der Waals surface area contributed by atoms with Crippen LogP contribution in [0.4, 0.5) is 11.5 Å². The Balaban J connectivity index is 1.80. The smallest absolute Gasteiger partial charge is 0.337 e. The zero-order valence-electron chi connectivity index (χ0n) is 17.3. The monoisotopic (exact) mass is 429 g/mol. The number of fused-ring (bicyclic) bond motifs is 1. The lowest BCUT2D eigenvalue weighted by Gasteiger charge is -2.07. The van der Waals surface area contributed by atoms with Crippen LogP contribution in [0.5, 0.6) is 5.75 Å². The number of rotatable bonds is 4. The maximum absolute atomic E-state index is 13.0. The van der Waals surface area contributed by atoms with E-state index in [0.29, 0.717) is 28.0 Å². The first-order chi connectivity index (χ1) is 15.4. The lowest BCUT2D eigenvalue weighted by molar-refractivity contribution is 0.0600. The minimum Gasteiger partial charge on any atom is -0.508 e. The molecule has 2 heterocycles. The van der Waals surface area contributed by atoms with Gasteiger partial charge in [0.05, 0.1) is 18.4 Å². The Morgan fingerprint density at radius 3 is 2.53 bits per heavy atom. The predicted octanol–water partition coefficient (Wildman–Crippen LogP) is 4.11. The number of amides is 1.